The van der Waals surface area contributed by atoms with Crippen LogP contribution in [0.15, 0.2) is 11.2 Å². The molecule has 1 heterocycles. The molecule has 6 nitrogen and oxygen atoms in total. The van der Waals surface area contributed by atoms with Gasteiger partial charge in [-0.15, -0.1) is 11.3 Å². The molecule has 24 heavy (non-hydrogen) atoms. The maximum atomic E-state index is 12.0. The topological polar surface area (TPSA) is 78.4 Å². The van der Waals surface area contributed by atoms with Crippen LogP contribution in [0.2, 0.25) is 0 Å². The van der Waals surface area contributed by atoms with Crippen molar-refractivity contribution in [3.8, 4) is 0 Å². The quantitative estimate of drug-likeness (QED) is 0.520. The number of carbonyl (C=O) groups excluding carboxylic acids is 1. The van der Waals surface area contributed by atoms with Crippen LogP contribution in [-0.4, -0.2) is 36.5 Å². The zero-order valence-corrected chi connectivity index (χ0v) is 15.5. The van der Waals surface area contributed by atoms with E-state index in [1.807, 2.05) is 6.20 Å². The number of hydrogen-bond acceptors (Lipinski definition) is 4. The maximum Gasteiger partial charge on any atom is 0.221 e. The molecule has 1 amide bonds. The Morgan fingerprint density at radius 3 is 2.79 bits per heavy atom. The van der Waals surface area contributed by atoms with Crippen molar-refractivity contribution in [1.29, 1.82) is 0 Å². The second kappa shape index (κ2) is 10.3. The highest BCUT2D eigenvalue weighted by atomic mass is 32.1. The fourth-order valence-corrected chi connectivity index (χ4v) is 3.62. The van der Waals surface area contributed by atoms with Gasteiger partial charge in [0.25, 0.3) is 0 Å². The van der Waals surface area contributed by atoms with Gasteiger partial charge in [0.2, 0.25) is 5.91 Å². The van der Waals surface area contributed by atoms with E-state index in [4.69, 9.17) is 0 Å². The molecule has 0 saturated heterocycles. The number of aryl methyl sites for hydroxylation is 1. The first kappa shape index (κ1) is 18.7. The lowest BCUT2D eigenvalue weighted by Crippen LogP contribution is -2.41. The van der Waals surface area contributed by atoms with Crippen molar-refractivity contribution in [2.45, 2.75) is 64.5 Å². The zero-order valence-electron chi connectivity index (χ0n) is 14.7. The van der Waals surface area contributed by atoms with E-state index in [0.29, 0.717) is 31.5 Å². The average Bonchev–Trinajstić information content (AvgIpc) is 3.07. The number of aliphatic imine (C=N–C) groups is 1. The Labute approximate surface area is 148 Å². The summed E-state index contributed by atoms with van der Waals surface area (Å²) in [4.78, 5) is 21.8. The summed E-state index contributed by atoms with van der Waals surface area (Å²) >= 11 is 1.71. The molecular weight excluding hydrogens is 322 g/mol. The van der Waals surface area contributed by atoms with Crippen LogP contribution in [0.5, 0.6) is 0 Å². The van der Waals surface area contributed by atoms with E-state index in [2.05, 4.69) is 32.9 Å². The van der Waals surface area contributed by atoms with Gasteiger partial charge in [-0.1, -0.05) is 26.2 Å². The summed E-state index contributed by atoms with van der Waals surface area (Å²) in [5, 5.41) is 10.6. The van der Waals surface area contributed by atoms with E-state index in [9.17, 15) is 4.79 Å². The molecule has 0 spiro atoms. The Morgan fingerprint density at radius 1 is 1.33 bits per heavy atom. The fourth-order valence-electron chi connectivity index (χ4n) is 2.81. The normalized spacial score (nSPS) is 16.0. The Balaban J connectivity index is 1.62. The number of hydrogen-bond donors (Lipinski definition) is 3. The molecule has 0 atom stereocenters. The minimum absolute atomic E-state index is 0.123. The van der Waals surface area contributed by atoms with Gasteiger partial charge in [0.05, 0.1) is 6.54 Å². The predicted molar refractivity (Wildman–Crippen MR) is 99.3 cm³/mol. The second-order valence-corrected chi connectivity index (χ2v) is 7.28. The van der Waals surface area contributed by atoms with Gasteiger partial charge in [-0.25, -0.2) is 4.98 Å². The number of aromatic nitrogens is 1. The summed E-state index contributed by atoms with van der Waals surface area (Å²) in [7, 11) is 1.73. The van der Waals surface area contributed by atoms with Gasteiger partial charge in [-0.3, -0.25) is 9.79 Å². The lowest BCUT2D eigenvalue weighted by atomic mass is 9.95. The van der Waals surface area contributed by atoms with Gasteiger partial charge in [0, 0.05) is 37.1 Å². The molecule has 134 valence electrons. The third kappa shape index (κ3) is 6.47. The van der Waals surface area contributed by atoms with Crippen molar-refractivity contribution < 1.29 is 4.79 Å². The van der Waals surface area contributed by atoms with Crippen LogP contribution in [-0.2, 0) is 17.8 Å². The van der Waals surface area contributed by atoms with Crippen LogP contribution < -0.4 is 16.0 Å². The monoisotopic (exact) mass is 351 g/mol. The summed E-state index contributed by atoms with van der Waals surface area (Å²) in [6.45, 7) is 3.36. The molecule has 1 aromatic heterocycles. The van der Waals surface area contributed by atoms with Crippen LogP contribution in [0.25, 0.3) is 0 Å². The predicted octanol–water partition coefficient (Wildman–Crippen LogP) is 2.21. The minimum atomic E-state index is 0.123. The van der Waals surface area contributed by atoms with E-state index in [1.165, 1.54) is 24.1 Å². The van der Waals surface area contributed by atoms with Crippen LogP contribution in [0.4, 0.5) is 0 Å². The lowest BCUT2D eigenvalue weighted by Gasteiger charge is -2.22. The van der Waals surface area contributed by atoms with E-state index in [0.717, 1.165) is 24.3 Å². The first-order chi connectivity index (χ1) is 11.7. The Morgan fingerprint density at radius 2 is 2.12 bits per heavy atom. The maximum absolute atomic E-state index is 12.0. The number of rotatable bonds is 7. The molecule has 0 aromatic carbocycles. The summed E-state index contributed by atoms with van der Waals surface area (Å²) in [5.74, 6) is 0.825. The largest absolute Gasteiger partial charge is 0.356 e. The number of nitrogens with zero attached hydrogens (tertiary/aromatic N) is 2. The van der Waals surface area contributed by atoms with Gasteiger partial charge in [-0.2, -0.15) is 0 Å². The summed E-state index contributed by atoms with van der Waals surface area (Å²) in [6, 6.07) is 0.376. The summed E-state index contributed by atoms with van der Waals surface area (Å²) < 4.78 is 0. The van der Waals surface area contributed by atoms with E-state index >= 15 is 0 Å². The molecule has 0 unspecified atom stereocenters. The van der Waals surface area contributed by atoms with Crippen molar-refractivity contribution >= 4 is 23.2 Å². The molecule has 0 radical (unpaired) electrons. The van der Waals surface area contributed by atoms with Crippen molar-refractivity contribution in [1.82, 2.24) is 20.9 Å². The molecule has 1 aliphatic carbocycles. The number of nitrogens with one attached hydrogen (secondary N) is 3. The fraction of sp³-hybridized carbons (Fsp3) is 0.706. The van der Waals surface area contributed by atoms with Gasteiger partial charge in [-0.05, 0) is 19.3 Å². The van der Waals surface area contributed by atoms with Crippen molar-refractivity contribution in [2.75, 3.05) is 13.6 Å². The molecule has 7 heteroatoms. The molecule has 1 aliphatic rings. The summed E-state index contributed by atoms with van der Waals surface area (Å²) in [5.41, 5.74) is 0. The van der Waals surface area contributed by atoms with Gasteiger partial charge in [0.1, 0.15) is 5.01 Å². The molecule has 0 bridgehead atoms. The Kier molecular flexibility index (Phi) is 8.01. The molecule has 1 aromatic rings. The first-order valence-corrected chi connectivity index (χ1v) is 9.70. The zero-order chi connectivity index (χ0) is 17.2. The molecule has 1 fully saturated rings. The van der Waals surface area contributed by atoms with E-state index in [-0.39, 0.29) is 5.91 Å². The number of guanidine groups is 1. The highest BCUT2D eigenvalue weighted by Crippen LogP contribution is 2.17. The van der Waals surface area contributed by atoms with Crippen LogP contribution in [0.3, 0.4) is 0 Å². The SMILES string of the molecule is CCc1cnc(CNC(=NC)NCCC(=O)NC2CCCCC2)s1. The third-order valence-corrected chi connectivity index (χ3v) is 5.34. The van der Waals surface area contributed by atoms with Crippen LogP contribution in [0, 0.1) is 0 Å². The third-order valence-electron chi connectivity index (χ3n) is 4.20. The van der Waals surface area contributed by atoms with Gasteiger partial charge < -0.3 is 16.0 Å². The molecule has 1 saturated carbocycles. The van der Waals surface area contributed by atoms with Gasteiger partial charge in [0.15, 0.2) is 5.96 Å². The van der Waals surface area contributed by atoms with Crippen molar-refractivity contribution in [3.63, 3.8) is 0 Å². The van der Waals surface area contributed by atoms with Gasteiger partial charge >= 0.3 is 0 Å². The standard InChI is InChI=1S/C17H29N5OS/c1-3-14-11-20-16(24-14)12-21-17(18-2)19-10-9-15(23)22-13-7-5-4-6-8-13/h11,13H,3-10,12H2,1-2H3,(H,22,23)(H2,18,19,21). The number of carbonyl (C=O) groups is 1. The van der Waals surface area contributed by atoms with E-state index < -0.39 is 0 Å². The highest BCUT2D eigenvalue weighted by molar-refractivity contribution is 7.11. The number of thiazole rings is 1. The molecular formula is C17H29N5OS. The minimum Gasteiger partial charge on any atom is -0.356 e. The molecule has 2 rings (SSSR count). The lowest BCUT2D eigenvalue weighted by molar-refractivity contribution is -0.121. The van der Waals surface area contributed by atoms with Crippen molar-refractivity contribution in [3.05, 3.63) is 16.1 Å². The Bertz CT molecular complexity index is 537. The Hall–Kier alpha value is -1.63. The smallest absolute Gasteiger partial charge is 0.221 e. The van der Waals surface area contributed by atoms with Crippen LogP contribution in [0.1, 0.15) is 55.3 Å². The summed E-state index contributed by atoms with van der Waals surface area (Å²) in [6.07, 6.45) is 9.41. The van der Waals surface area contributed by atoms with Crippen LogP contribution >= 0.6 is 11.3 Å². The molecule has 3 N–H and O–H groups in total. The van der Waals surface area contributed by atoms with E-state index in [1.54, 1.807) is 18.4 Å². The average molecular weight is 352 g/mol. The first-order valence-electron chi connectivity index (χ1n) is 8.88. The number of amides is 1. The second-order valence-electron chi connectivity index (χ2n) is 6.08. The van der Waals surface area contributed by atoms with Crippen molar-refractivity contribution in [2.24, 2.45) is 4.99 Å². The molecule has 0 aliphatic heterocycles. The highest BCUT2D eigenvalue weighted by Gasteiger charge is 2.15.